The molecule has 1 atom stereocenters. The van der Waals surface area contributed by atoms with Gasteiger partial charge in [0.25, 0.3) is 0 Å². The zero-order valence-electron chi connectivity index (χ0n) is 14.9. The van der Waals surface area contributed by atoms with Crippen LogP contribution in [-0.4, -0.2) is 34.6 Å². The van der Waals surface area contributed by atoms with Gasteiger partial charge in [-0.15, -0.1) is 0 Å². The molecule has 1 fully saturated rings. The van der Waals surface area contributed by atoms with Gasteiger partial charge < -0.3 is 14.4 Å². The van der Waals surface area contributed by atoms with E-state index in [1.54, 1.807) is 31.4 Å². The molecule has 1 aliphatic heterocycles. The maximum absolute atomic E-state index is 11.8. The Kier molecular flexibility index (Phi) is 5.50. The minimum absolute atomic E-state index is 0.0504. The number of aromatic nitrogens is 2. The molecule has 138 valence electrons. The van der Waals surface area contributed by atoms with Crippen molar-refractivity contribution in [2.75, 3.05) is 18.6 Å². The van der Waals surface area contributed by atoms with E-state index in [4.69, 9.17) is 9.47 Å². The summed E-state index contributed by atoms with van der Waals surface area (Å²) >= 11 is 0. The fourth-order valence-electron chi connectivity index (χ4n) is 3.26. The van der Waals surface area contributed by atoms with Gasteiger partial charge in [0.2, 0.25) is 5.82 Å². The van der Waals surface area contributed by atoms with Crippen molar-refractivity contribution >= 4 is 11.5 Å². The molecule has 1 aromatic heterocycles. The molecule has 8 heteroatoms. The standard InChI is InChI=1S/C18H22N4O4/c1-3-13-6-4-5-11-21(13)17-16(22(23)24)18(20-12-19-17)26-15-9-7-14(25-2)8-10-15/h7-10,12-13H,3-6,11H2,1-2H3. The first-order valence-electron chi connectivity index (χ1n) is 8.72. The van der Waals surface area contributed by atoms with Gasteiger partial charge in [0.1, 0.15) is 17.8 Å². The second kappa shape index (κ2) is 7.99. The maximum atomic E-state index is 11.8. The molecule has 2 aromatic rings. The van der Waals surface area contributed by atoms with E-state index in [2.05, 4.69) is 16.9 Å². The summed E-state index contributed by atoms with van der Waals surface area (Å²) in [7, 11) is 1.57. The van der Waals surface area contributed by atoms with E-state index >= 15 is 0 Å². The predicted octanol–water partition coefficient (Wildman–Crippen LogP) is 3.95. The number of methoxy groups -OCH3 is 1. The maximum Gasteiger partial charge on any atom is 0.373 e. The molecule has 0 spiro atoms. The molecule has 2 heterocycles. The van der Waals surface area contributed by atoms with Gasteiger partial charge in [0, 0.05) is 12.6 Å². The summed E-state index contributed by atoms with van der Waals surface area (Å²) in [6.45, 7) is 2.84. The highest BCUT2D eigenvalue weighted by Gasteiger charge is 2.32. The monoisotopic (exact) mass is 358 g/mol. The third kappa shape index (κ3) is 3.68. The summed E-state index contributed by atoms with van der Waals surface area (Å²) < 4.78 is 10.8. The highest BCUT2D eigenvalue weighted by molar-refractivity contribution is 5.64. The number of rotatable bonds is 6. The quantitative estimate of drug-likeness (QED) is 0.570. The number of ether oxygens (including phenoxy) is 2. The smallest absolute Gasteiger partial charge is 0.373 e. The molecule has 0 aliphatic carbocycles. The van der Waals surface area contributed by atoms with Crippen LogP contribution in [0.15, 0.2) is 30.6 Å². The molecule has 8 nitrogen and oxygen atoms in total. The lowest BCUT2D eigenvalue weighted by Gasteiger charge is -2.35. The molecule has 1 saturated heterocycles. The molecule has 0 saturated carbocycles. The number of nitro groups is 1. The van der Waals surface area contributed by atoms with Crippen LogP contribution in [0, 0.1) is 10.1 Å². The van der Waals surface area contributed by atoms with Gasteiger partial charge in [0.15, 0.2) is 0 Å². The van der Waals surface area contributed by atoms with Gasteiger partial charge in [0.05, 0.1) is 12.0 Å². The first-order chi connectivity index (χ1) is 12.6. The van der Waals surface area contributed by atoms with Gasteiger partial charge in [-0.3, -0.25) is 10.1 Å². The Hall–Kier alpha value is -2.90. The van der Waals surface area contributed by atoms with Crippen LogP contribution in [0.2, 0.25) is 0 Å². The van der Waals surface area contributed by atoms with Gasteiger partial charge in [-0.2, -0.15) is 4.98 Å². The van der Waals surface area contributed by atoms with E-state index in [-0.39, 0.29) is 17.6 Å². The summed E-state index contributed by atoms with van der Waals surface area (Å²) in [6, 6.07) is 7.05. The van der Waals surface area contributed by atoms with E-state index in [1.807, 2.05) is 4.90 Å². The fraction of sp³-hybridized carbons (Fsp3) is 0.444. The highest BCUT2D eigenvalue weighted by atomic mass is 16.6. The molecular formula is C18H22N4O4. The minimum Gasteiger partial charge on any atom is -0.497 e. The fourth-order valence-corrected chi connectivity index (χ4v) is 3.26. The predicted molar refractivity (Wildman–Crippen MR) is 97.0 cm³/mol. The summed E-state index contributed by atoms with van der Waals surface area (Å²) in [4.78, 5) is 21.6. The molecular weight excluding hydrogens is 336 g/mol. The average molecular weight is 358 g/mol. The second-order valence-electron chi connectivity index (χ2n) is 6.14. The lowest BCUT2D eigenvalue weighted by atomic mass is 10.00. The van der Waals surface area contributed by atoms with Crippen LogP contribution in [-0.2, 0) is 0 Å². The van der Waals surface area contributed by atoms with Crippen molar-refractivity contribution in [2.45, 2.75) is 38.6 Å². The Bertz CT molecular complexity index is 766. The van der Waals surface area contributed by atoms with E-state index in [0.717, 1.165) is 32.2 Å². The SMILES string of the molecule is CCC1CCCCN1c1ncnc(Oc2ccc(OC)cc2)c1[N+](=O)[O-]. The summed E-state index contributed by atoms with van der Waals surface area (Å²) in [6.07, 6.45) is 5.36. The second-order valence-corrected chi connectivity index (χ2v) is 6.14. The Morgan fingerprint density at radius 2 is 1.96 bits per heavy atom. The van der Waals surface area contributed by atoms with Crippen molar-refractivity contribution in [3.05, 3.63) is 40.7 Å². The van der Waals surface area contributed by atoms with E-state index in [9.17, 15) is 10.1 Å². The zero-order chi connectivity index (χ0) is 18.5. The lowest BCUT2D eigenvalue weighted by molar-refractivity contribution is -0.385. The van der Waals surface area contributed by atoms with Crippen LogP contribution < -0.4 is 14.4 Å². The number of hydrogen-bond donors (Lipinski definition) is 0. The van der Waals surface area contributed by atoms with Crippen molar-refractivity contribution in [3.8, 4) is 17.4 Å². The minimum atomic E-state index is -0.463. The van der Waals surface area contributed by atoms with Crippen molar-refractivity contribution in [2.24, 2.45) is 0 Å². The zero-order valence-corrected chi connectivity index (χ0v) is 14.9. The van der Waals surface area contributed by atoms with Crippen LogP contribution in [0.1, 0.15) is 32.6 Å². The number of piperidine rings is 1. The summed E-state index contributed by atoms with van der Waals surface area (Å²) in [5.74, 6) is 1.41. The van der Waals surface area contributed by atoms with Crippen LogP contribution in [0.4, 0.5) is 11.5 Å². The normalized spacial score (nSPS) is 17.0. The van der Waals surface area contributed by atoms with E-state index < -0.39 is 4.92 Å². The molecule has 0 amide bonds. The Morgan fingerprint density at radius 1 is 1.23 bits per heavy atom. The number of nitrogens with zero attached hydrogens (tertiary/aromatic N) is 4. The molecule has 1 aliphatic rings. The lowest BCUT2D eigenvalue weighted by Crippen LogP contribution is -2.40. The van der Waals surface area contributed by atoms with Crippen LogP contribution >= 0.6 is 0 Å². The Balaban J connectivity index is 1.96. The molecule has 1 unspecified atom stereocenters. The average Bonchev–Trinajstić information content (AvgIpc) is 2.68. The van der Waals surface area contributed by atoms with Crippen molar-refractivity contribution in [1.82, 2.24) is 9.97 Å². The number of benzene rings is 1. The third-order valence-corrected chi connectivity index (χ3v) is 4.60. The van der Waals surface area contributed by atoms with Crippen LogP contribution in [0.5, 0.6) is 17.4 Å². The van der Waals surface area contributed by atoms with Crippen molar-refractivity contribution < 1.29 is 14.4 Å². The van der Waals surface area contributed by atoms with Crippen molar-refractivity contribution in [1.29, 1.82) is 0 Å². The topological polar surface area (TPSA) is 90.6 Å². The van der Waals surface area contributed by atoms with Gasteiger partial charge in [-0.25, -0.2) is 4.98 Å². The first kappa shape index (κ1) is 17.9. The van der Waals surface area contributed by atoms with Gasteiger partial charge in [-0.05, 0) is 49.9 Å². The third-order valence-electron chi connectivity index (χ3n) is 4.60. The molecule has 3 rings (SSSR count). The van der Waals surface area contributed by atoms with Crippen LogP contribution in [0.3, 0.4) is 0 Å². The Labute approximate surface area is 151 Å². The van der Waals surface area contributed by atoms with Gasteiger partial charge >= 0.3 is 11.6 Å². The molecule has 1 aromatic carbocycles. The summed E-state index contributed by atoms with van der Waals surface area (Å²) in [5, 5.41) is 11.8. The largest absolute Gasteiger partial charge is 0.497 e. The van der Waals surface area contributed by atoms with E-state index in [1.165, 1.54) is 6.33 Å². The molecule has 0 bridgehead atoms. The van der Waals surface area contributed by atoms with Crippen molar-refractivity contribution in [3.63, 3.8) is 0 Å². The first-order valence-corrected chi connectivity index (χ1v) is 8.72. The number of anilines is 1. The highest BCUT2D eigenvalue weighted by Crippen LogP contribution is 2.38. The molecule has 0 N–H and O–H groups in total. The summed E-state index contributed by atoms with van der Waals surface area (Å²) in [5.41, 5.74) is -0.191. The molecule has 26 heavy (non-hydrogen) atoms. The molecule has 0 radical (unpaired) electrons. The van der Waals surface area contributed by atoms with Crippen LogP contribution in [0.25, 0.3) is 0 Å². The number of hydrogen-bond acceptors (Lipinski definition) is 7. The van der Waals surface area contributed by atoms with E-state index in [0.29, 0.717) is 17.3 Å². The Morgan fingerprint density at radius 3 is 2.62 bits per heavy atom. The van der Waals surface area contributed by atoms with Gasteiger partial charge in [-0.1, -0.05) is 6.92 Å².